The lowest BCUT2D eigenvalue weighted by Gasteiger charge is -2.29. The predicted molar refractivity (Wildman–Crippen MR) is 112 cm³/mol. The zero-order valence-electron chi connectivity index (χ0n) is 16.8. The largest absolute Gasteiger partial charge is 0.493 e. The number of carbonyl (C=O) groups is 1. The van der Waals surface area contributed by atoms with Crippen LogP contribution in [0.3, 0.4) is 0 Å². The van der Waals surface area contributed by atoms with E-state index in [1.165, 1.54) is 21.3 Å². The van der Waals surface area contributed by atoms with Gasteiger partial charge in [0.2, 0.25) is 10.0 Å². The number of carbonyl (C=O) groups excluding carboxylic acids is 1. The van der Waals surface area contributed by atoms with E-state index < -0.39 is 10.0 Å². The Bertz CT molecular complexity index is 937. The number of nitrogens with one attached hydrogen (secondary N) is 2. The molecule has 0 radical (unpaired) electrons. The number of piperazine rings is 1. The van der Waals surface area contributed by atoms with Crippen molar-refractivity contribution in [1.29, 1.82) is 0 Å². The van der Waals surface area contributed by atoms with Gasteiger partial charge in [0.15, 0.2) is 0 Å². The van der Waals surface area contributed by atoms with Crippen LogP contribution in [0.25, 0.3) is 0 Å². The molecule has 1 saturated heterocycles. The summed E-state index contributed by atoms with van der Waals surface area (Å²) in [5.74, 6) is 0.234. The number of hydrogen-bond acceptors (Lipinski definition) is 4. The number of amides is 1. The number of sulfonamides is 1. The third-order valence-electron chi connectivity index (χ3n) is 4.92. The lowest BCUT2D eigenvalue weighted by Crippen LogP contribution is -3.12. The van der Waals surface area contributed by atoms with Crippen LogP contribution in [0.5, 0.6) is 5.75 Å². The zero-order chi connectivity index (χ0) is 20.9. The number of benzene rings is 2. The van der Waals surface area contributed by atoms with E-state index in [-0.39, 0.29) is 10.8 Å². The summed E-state index contributed by atoms with van der Waals surface area (Å²) < 4.78 is 32.8. The molecule has 1 aliphatic heterocycles. The van der Waals surface area contributed by atoms with Crippen molar-refractivity contribution in [2.24, 2.45) is 0 Å². The minimum absolute atomic E-state index is 0.238. The molecule has 2 aromatic rings. The van der Waals surface area contributed by atoms with Crippen LogP contribution in [0.2, 0.25) is 0 Å². The molecule has 7 nitrogen and oxygen atoms in total. The lowest BCUT2D eigenvalue weighted by molar-refractivity contribution is -0.883. The average Bonchev–Trinajstić information content (AvgIpc) is 2.73. The quantitative estimate of drug-likeness (QED) is 0.709. The SMILES string of the molecule is CCCOc1ccccc1C(=O)Nc1ccc(S(=O)(=O)N2CC[NH+](C)CC2)cc1. The van der Waals surface area contributed by atoms with Crippen LogP contribution in [-0.2, 0) is 10.0 Å². The van der Waals surface area contributed by atoms with E-state index >= 15 is 0 Å². The van der Waals surface area contributed by atoms with Gasteiger partial charge in [0, 0.05) is 5.69 Å². The fourth-order valence-corrected chi connectivity index (χ4v) is 4.60. The summed E-state index contributed by atoms with van der Waals surface area (Å²) >= 11 is 0. The Morgan fingerprint density at radius 1 is 1.10 bits per heavy atom. The maximum atomic E-state index is 12.8. The molecule has 0 saturated carbocycles. The first kappa shape index (κ1) is 21.3. The number of likely N-dealkylation sites (N-methyl/N-ethyl adjacent to an activating group) is 1. The van der Waals surface area contributed by atoms with Gasteiger partial charge in [-0.15, -0.1) is 0 Å². The second-order valence-electron chi connectivity index (χ2n) is 7.18. The maximum Gasteiger partial charge on any atom is 0.259 e. The van der Waals surface area contributed by atoms with E-state index in [1.807, 2.05) is 13.0 Å². The average molecular weight is 419 g/mol. The summed E-state index contributed by atoms with van der Waals surface area (Å²) in [6.45, 7) is 5.16. The van der Waals surface area contributed by atoms with Gasteiger partial charge in [-0.05, 0) is 42.8 Å². The number of anilines is 1. The van der Waals surface area contributed by atoms with Gasteiger partial charge in [0.1, 0.15) is 5.75 Å². The first-order valence-electron chi connectivity index (χ1n) is 9.86. The summed E-state index contributed by atoms with van der Waals surface area (Å²) in [5.41, 5.74) is 0.972. The van der Waals surface area contributed by atoms with Crippen molar-refractivity contribution in [3.05, 3.63) is 54.1 Å². The molecule has 1 fully saturated rings. The highest BCUT2D eigenvalue weighted by Crippen LogP contribution is 2.22. The third-order valence-corrected chi connectivity index (χ3v) is 6.83. The minimum atomic E-state index is -3.51. The lowest BCUT2D eigenvalue weighted by atomic mass is 10.2. The second kappa shape index (κ2) is 9.39. The minimum Gasteiger partial charge on any atom is -0.493 e. The number of ether oxygens (including phenoxy) is 1. The molecule has 8 heteroatoms. The van der Waals surface area contributed by atoms with Crippen LogP contribution in [0.15, 0.2) is 53.4 Å². The topological polar surface area (TPSA) is 80.1 Å². The Balaban J connectivity index is 1.70. The van der Waals surface area contributed by atoms with E-state index in [2.05, 4.69) is 12.4 Å². The fraction of sp³-hybridized carbons (Fsp3) is 0.381. The monoisotopic (exact) mass is 418 g/mol. The van der Waals surface area contributed by atoms with Crippen LogP contribution in [0, 0.1) is 0 Å². The molecule has 3 rings (SSSR count). The molecule has 156 valence electrons. The standard InChI is InChI=1S/C21H27N3O4S/c1-3-16-28-20-7-5-4-6-19(20)21(25)22-17-8-10-18(11-9-17)29(26,27)24-14-12-23(2)13-15-24/h4-11H,3,12-16H2,1-2H3,(H,22,25)/p+1. The summed E-state index contributed by atoms with van der Waals surface area (Å²) in [6, 6.07) is 13.4. The van der Waals surface area contributed by atoms with Gasteiger partial charge >= 0.3 is 0 Å². The molecule has 0 bridgehead atoms. The van der Waals surface area contributed by atoms with E-state index in [0.717, 1.165) is 19.5 Å². The van der Waals surface area contributed by atoms with Crippen molar-refractivity contribution in [2.45, 2.75) is 18.2 Å². The number of para-hydroxylation sites is 1. The van der Waals surface area contributed by atoms with E-state index in [9.17, 15) is 13.2 Å². The summed E-state index contributed by atoms with van der Waals surface area (Å²) in [5, 5.41) is 2.81. The Morgan fingerprint density at radius 3 is 2.41 bits per heavy atom. The molecule has 1 heterocycles. The van der Waals surface area contributed by atoms with Crippen LogP contribution in [0.4, 0.5) is 5.69 Å². The third kappa shape index (κ3) is 5.14. The molecule has 1 aliphatic rings. The molecule has 0 unspecified atom stereocenters. The fourth-order valence-electron chi connectivity index (χ4n) is 3.16. The summed E-state index contributed by atoms with van der Waals surface area (Å²) in [7, 11) is -1.45. The van der Waals surface area contributed by atoms with Crippen molar-refractivity contribution >= 4 is 21.6 Å². The summed E-state index contributed by atoms with van der Waals surface area (Å²) in [4.78, 5) is 14.2. The van der Waals surface area contributed by atoms with Crippen molar-refractivity contribution in [3.63, 3.8) is 0 Å². The molecule has 29 heavy (non-hydrogen) atoms. The summed E-state index contributed by atoms with van der Waals surface area (Å²) in [6.07, 6.45) is 0.848. The van der Waals surface area contributed by atoms with Crippen molar-refractivity contribution in [1.82, 2.24) is 4.31 Å². The molecule has 0 aliphatic carbocycles. The molecule has 2 aromatic carbocycles. The highest BCUT2D eigenvalue weighted by Gasteiger charge is 2.29. The predicted octanol–water partition coefficient (Wildman–Crippen LogP) is 1.25. The Kier molecular flexibility index (Phi) is 6.89. The zero-order valence-corrected chi connectivity index (χ0v) is 17.7. The number of nitrogens with zero attached hydrogens (tertiary/aromatic N) is 1. The van der Waals surface area contributed by atoms with Gasteiger partial charge in [-0.2, -0.15) is 4.31 Å². The Hall–Kier alpha value is -2.42. The van der Waals surface area contributed by atoms with Crippen molar-refractivity contribution < 1.29 is 22.8 Å². The van der Waals surface area contributed by atoms with Crippen LogP contribution in [-0.4, -0.2) is 58.5 Å². The van der Waals surface area contributed by atoms with Gasteiger partial charge in [0.05, 0.1) is 50.3 Å². The molecular weight excluding hydrogens is 390 g/mol. The maximum absolute atomic E-state index is 12.8. The van der Waals surface area contributed by atoms with E-state index in [0.29, 0.717) is 36.7 Å². The van der Waals surface area contributed by atoms with Gasteiger partial charge in [0.25, 0.3) is 5.91 Å². The molecule has 1 amide bonds. The highest BCUT2D eigenvalue weighted by molar-refractivity contribution is 7.89. The molecule has 0 atom stereocenters. The van der Waals surface area contributed by atoms with Crippen LogP contribution >= 0.6 is 0 Å². The number of rotatable bonds is 7. The van der Waals surface area contributed by atoms with E-state index in [1.54, 1.807) is 30.3 Å². The second-order valence-corrected chi connectivity index (χ2v) is 9.12. The van der Waals surface area contributed by atoms with E-state index in [4.69, 9.17) is 4.74 Å². The molecular formula is C21H28N3O4S+. The molecule has 0 spiro atoms. The van der Waals surface area contributed by atoms with Gasteiger partial charge in [-0.3, -0.25) is 4.79 Å². The number of quaternary nitrogens is 1. The van der Waals surface area contributed by atoms with Gasteiger partial charge < -0.3 is 15.0 Å². The van der Waals surface area contributed by atoms with Crippen molar-refractivity contribution in [2.75, 3.05) is 45.2 Å². The first-order chi connectivity index (χ1) is 13.9. The number of hydrogen-bond donors (Lipinski definition) is 2. The van der Waals surface area contributed by atoms with Gasteiger partial charge in [-0.1, -0.05) is 19.1 Å². The molecule has 0 aromatic heterocycles. The van der Waals surface area contributed by atoms with Crippen LogP contribution < -0.4 is 15.0 Å². The van der Waals surface area contributed by atoms with Crippen LogP contribution in [0.1, 0.15) is 23.7 Å². The highest BCUT2D eigenvalue weighted by atomic mass is 32.2. The first-order valence-corrected chi connectivity index (χ1v) is 11.3. The van der Waals surface area contributed by atoms with Crippen molar-refractivity contribution in [3.8, 4) is 5.75 Å². The smallest absolute Gasteiger partial charge is 0.259 e. The van der Waals surface area contributed by atoms with Gasteiger partial charge in [-0.25, -0.2) is 8.42 Å². The normalized spacial score (nSPS) is 15.8. The molecule has 2 N–H and O–H groups in total. The Labute approximate surface area is 172 Å². The Morgan fingerprint density at radius 2 is 1.76 bits per heavy atom.